The van der Waals surface area contributed by atoms with Crippen LogP contribution >= 0.6 is 12.4 Å². The summed E-state index contributed by atoms with van der Waals surface area (Å²) >= 11 is 0. The average molecular weight is 333 g/mol. The highest BCUT2D eigenvalue weighted by atomic mass is 35.5. The van der Waals surface area contributed by atoms with Crippen LogP contribution in [0.25, 0.3) is 10.8 Å². The van der Waals surface area contributed by atoms with Gasteiger partial charge < -0.3 is 10.1 Å². The van der Waals surface area contributed by atoms with Crippen molar-refractivity contribution in [2.45, 2.75) is 25.4 Å². The van der Waals surface area contributed by atoms with E-state index in [2.05, 4.69) is 40.5 Å². The van der Waals surface area contributed by atoms with Crippen LogP contribution in [0, 0.1) is 5.92 Å². The highest BCUT2D eigenvalue weighted by Crippen LogP contribution is 2.27. The number of halogens is 1. The molecule has 0 saturated carbocycles. The van der Waals surface area contributed by atoms with Crippen molar-refractivity contribution in [1.82, 2.24) is 10.2 Å². The van der Waals surface area contributed by atoms with Crippen molar-refractivity contribution in [3.05, 3.63) is 42.0 Å². The lowest BCUT2D eigenvalue weighted by atomic mass is 9.93. The first-order valence-electron chi connectivity index (χ1n) is 8.34. The van der Waals surface area contributed by atoms with Crippen molar-refractivity contribution >= 4 is 23.2 Å². The molecule has 2 aliphatic rings. The van der Waals surface area contributed by atoms with E-state index in [1.807, 2.05) is 6.07 Å². The minimum Gasteiger partial charge on any atom is -0.497 e. The van der Waals surface area contributed by atoms with Gasteiger partial charge >= 0.3 is 0 Å². The standard InChI is InChI=1S/C19H24N2O.ClH/c1-22-18-5-4-15-10-14(2-3-16(15)11-18)12-21-9-7-19-17(13-21)6-8-20-19;/h2-5,10-11,17,19-20H,6-9,12-13H2,1H3;1H. The van der Waals surface area contributed by atoms with Crippen molar-refractivity contribution in [3.8, 4) is 5.75 Å². The van der Waals surface area contributed by atoms with Crippen LogP contribution in [0.1, 0.15) is 18.4 Å². The molecule has 2 aromatic carbocycles. The Kier molecular flexibility index (Phi) is 5.10. The fourth-order valence-corrected chi connectivity index (χ4v) is 4.02. The zero-order valence-corrected chi connectivity index (χ0v) is 14.4. The molecule has 2 saturated heterocycles. The van der Waals surface area contributed by atoms with Gasteiger partial charge in [0.25, 0.3) is 0 Å². The molecular weight excluding hydrogens is 308 g/mol. The Labute approximate surface area is 144 Å². The van der Waals surface area contributed by atoms with Gasteiger partial charge in [-0.2, -0.15) is 0 Å². The molecule has 3 nitrogen and oxygen atoms in total. The number of nitrogens with zero attached hydrogens (tertiary/aromatic N) is 1. The predicted octanol–water partition coefficient (Wildman–Crippen LogP) is 3.45. The fraction of sp³-hybridized carbons (Fsp3) is 0.474. The van der Waals surface area contributed by atoms with E-state index in [0.29, 0.717) is 0 Å². The molecule has 4 heteroatoms. The monoisotopic (exact) mass is 332 g/mol. The molecule has 2 fully saturated rings. The average Bonchev–Trinajstić information content (AvgIpc) is 3.02. The molecule has 2 aromatic rings. The van der Waals surface area contributed by atoms with E-state index in [-0.39, 0.29) is 12.4 Å². The molecule has 0 spiro atoms. The third kappa shape index (κ3) is 3.47. The Balaban J connectivity index is 0.00000156. The molecule has 0 amide bonds. The summed E-state index contributed by atoms with van der Waals surface area (Å²) in [5.74, 6) is 1.79. The van der Waals surface area contributed by atoms with E-state index in [1.165, 1.54) is 48.8 Å². The number of methoxy groups -OCH3 is 1. The Morgan fingerprint density at radius 2 is 1.96 bits per heavy atom. The lowest BCUT2D eigenvalue weighted by Gasteiger charge is -2.34. The van der Waals surface area contributed by atoms with E-state index in [1.54, 1.807) is 7.11 Å². The second-order valence-electron chi connectivity index (χ2n) is 6.68. The van der Waals surface area contributed by atoms with Gasteiger partial charge in [0.2, 0.25) is 0 Å². The van der Waals surface area contributed by atoms with Crippen LogP contribution in [0.4, 0.5) is 0 Å². The number of nitrogens with one attached hydrogen (secondary N) is 1. The number of fused-ring (bicyclic) bond motifs is 2. The molecular formula is C19H25ClN2O. The van der Waals surface area contributed by atoms with Crippen LogP contribution in [0.2, 0.25) is 0 Å². The van der Waals surface area contributed by atoms with E-state index < -0.39 is 0 Å². The van der Waals surface area contributed by atoms with Crippen LogP contribution in [0.5, 0.6) is 5.75 Å². The minimum absolute atomic E-state index is 0. The molecule has 2 aliphatic heterocycles. The van der Waals surface area contributed by atoms with Crippen molar-refractivity contribution in [3.63, 3.8) is 0 Å². The third-order valence-electron chi connectivity index (χ3n) is 5.26. The van der Waals surface area contributed by atoms with Crippen LogP contribution in [0.15, 0.2) is 36.4 Å². The molecule has 2 heterocycles. The number of rotatable bonds is 3. The Morgan fingerprint density at radius 3 is 2.83 bits per heavy atom. The van der Waals surface area contributed by atoms with Gasteiger partial charge in [0.15, 0.2) is 0 Å². The number of likely N-dealkylation sites (tertiary alicyclic amines) is 1. The summed E-state index contributed by atoms with van der Waals surface area (Å²) in [6, 6.07) is 13.9. The maximum Gasteiger partial charge on any atom is 0.119 e. The first kappa shape index (κ1) is 16.6. The van der Waals surface area contributed by atoms with Gasteiger partial charge in [0.05, 0.1) is 7.11 Å². The van der Waals surface area contributed by atoms with Gasteiger partial charge in [0.1, 0.15) is 5.75 Å². The number of benzene rings is 2. The number of hydrogen-bond donors (Lipinski definition) is 1. The van der Waals surface area contributed by atoms with Crippen molar-refractivity contribution < 1.29 is 4.74 Å². The van der Waals surface area contributed by atoms with Gasteiger partial charge in [-0.15, -0.1) is 12.4 Å². The largest absolute Gasteiger partial charge is 0.497 e. The smallest absolute Gasteiger partial charge is 0.119 e. The maximum atomic E-state index is 5.30. The predicted molar refractivity (Wildman–Crippen MR) is 97.5 cm³/mol. The Bertz CT molecular complexity index is 675. The summed E-state index contributed by atoms with van der Waals surface area (Å²) < 4.78 is 5.30. The van der Waals surface area contributed by atoms with Crippen LogP contribution in [-0.2, 0) is 6.54 Å². The van der Waals surface area contributed by atoms with Gasteiger partial charge in [-0.3, -0.25) is 4.90 Å². The molecule has 2 atom stereocenters. The normalized spacial score (nSPS) is 24.2. The summed E-state index contributed by atoms with van der Waals surface area (Å²) in [4.78, 5) is 2.62. The summed E-state index contributed by atoms with van der Waals surface area (Å²) in [6.45, 7) is 4.75. The van der Waals surface area contributed by atoms with Crippen LogP contribution in [-0.4, -0.2) is 37.7 Å². The first-order valence-corrected chi connectivity index (χ1v) is 8.34. The first-order chi connectivity index (χ1) is 10.8. The lowest BCUT2D eigenvalue weighted by Crippen LogP contribution is -2.43. The molecule has 0 radical (unpaired) electrons. The second-order valence-corrected chi connectivity index (χ2v) is 6.68. The Hall–Kier alpha value is -1.29. The van der Waals surface area contributed by atoms with Gasteiger partial charge in [0, 0.05) is 19.1 Å². The molecule has 124 valence electrons. The molecule has 0 aromatic heterocycles. The highest BCUT2D eigenvalue weighted by Gasteiger charge is 2.32. The van der Waals surface area contributed by atoms with Crippen LogP contribution in [0.3, 0.4) is 0 Å². The molecule has 23 heavy (non-hydrogen) atoms. The molecule has 4 rings (SSSR count). The summed E-state index contributed by atoms with van der Waals surface area (Å²) in [6.07, 6.45) is 2.65. The highest BCUT2D eigenvalue weighted by molar-refractivity contribution is 5.85. The molecule has 2 unspecified atom stereocenters. The van der Waals surface area contributed by atoms with Crippen molar-refractivity contribution in [2.75, 3.05) is 26.7 Å². The second kappa shape index (κ2) is 7.08. The molecule has 1 N–H and O–H groups in total. The van der Waals surface area contributed by atoms with Crippen molar-refractivity contribution in [2.24, 2.45) is 5.92 Å². The van der Waals surface area contributed by atoms with E-state index in [0.717, 1.165) is 24.3 Å². The lowest BCUT2D eigenvalue weighted by molar-refractivity contribution is 0.156. The van der Waals surface area contributed by atoms with Gasteiger partial charge in [-0.1, -0.05) is 18.2 Å². The maximum absolute atomic E-state index is 5.30. The van der Waals surface area contributed by atoms with E-state index in [9.17, 15) is 0 Å². The van der Waals surface area contributed by atoms with Crippen LogP contribution < -0.4 is 10.1 Å². The zero-order valence-electron chi connectivity index (χ0n) is 13.6. The van der Waals surface area contributed by atoms with Gasteiger partial charge in [-0.05, 0) is 66.4 Å². The minimum atomic E-state index is 0. The van der Waals surface area contributed by atoms with Gasteiger partial charge in [-0.25, -0.2) is 0 Å². The Morgan fingerprint density at radius 1 is 1.13 bits per heavy atom. The van der Waals surface area contributed by atoms with E-state index >= 15 is 0 Å². The number of ether oxygens (including phenoxy) is 1. The van der Waals surface area contributed by atoms with E-state index in [4.69, 9.17) is 4.74 Å². The van der Waals surface area contributed by atoms with Crippen molar-refractivity contribution in [1.29, 1.82) is 0 Å². The quantitative estimate of drug-likeness (QED) is 0.931. The summed E-state index contributed by atoms with van der Waals surface area (Å²) in [5.41, 5.74) is 1.42. The topological polar surface area (TPSA) is 24.5 Å². The SMILES string of the molecule is COc1ccc2cc(CN3CCC4NCCC4C3)ccc2c1.Cl. The number of piperidine rings is 1. The molecule has 0 bridgehead atoms. The summed E-state index contributed by atoms with van der Waals surface area (Å²) in [5, 5.41) is 6.19. The number of hydrogen-bond acceptors (Lipinski definition) is 3. The zero-order chi connectivity index (χ0) is 14.9. The molecule has 0 aliphatic carbocycles. The fourth-order valence-electron chi connectivity index (χ4n) is 4.02. The third-order valence-corrected chi connectivity index (χ3v) is 5.26. The summed E-state index contributed by atoms with van der Waals surface area (Å²) in [7, 11) is 1.72.